The molecule has 0 radical (unpaired) electrons. The van der Waals surface area contributed by atoms with Crippen molar-refractivity contribution >= 4 is 5.97 Å². The van der Waals surface area contributed by atoms with Gasteiger partial charge in [0, 0.05) is 5.54 Å². The van der Waals surface area contributed by atoms with Crippen LogP contribution in [0.5, 0.6) is 0 Å². The molecule has 0 amide bonds. The average Bonchev–Trinajstić information content (AvgIpc) is 1.87. The Balaban J connectivity index is 3.76. The molecule has 0 fully saturated rings. The first-order valence-corrected chi connectivity index (χ1v) is 3.06. The van der Waals surface area contributed by atoms with Crippen molar-refractivity contribution in [3.8, 4) is 0 Å². The normalized spacial score (nSPS) is 11.2. The molecule has 0 heterocycles. The second-order valence-corrected chi connectivity index (χ2v) is 2.78. The molecule has 4 nitrogen and oxygen atoms in total. The maximum Gasteiger partial charge on any atom is 0.307 e. The standard InChI is InChI=1S/C6H14N2O2/c1-6(2,8-7)4-5(9)10-3/h8H,4,7H2,1-3H3. The van der Waals surface area contributed by atoms with E-state index >= 15 is 0 Å². The minimum absolute atomic E-state index is 0.261. The van der Waals surface area contributed by atoms with Crippen LogP contribution in [0.2, 0.25) is 0 Å². The van der Waals surface area contributed by atoms with Gasteiger partial charge in [0.2, 0.25) is 0 Å². The molecule has 0 bridgehead atoms. The second-order valence-electron chi connectivity index (χ2n) is 2.78. The van der Waals surface area contributed by atoms with Gasteiger partial charge in [0.05, 0.1) is 13.5 Å². The van der Waals surface area contributed by atoms with Crippen molar-refractivity contribution in [1.82, 2.24) is 5.43 Å². The van der Waals surface area contributed by atoms with Crippen molar-refractivity contribution < 1.29 is 9.53 Å². The minimum Gasteiger partial charge on any atom is -0.469 e. The summed E-state index contributed by atoms with van der Waals surface area (Å²) in [5.74, 6) is 4.89. The van der Waals surface area contributed by atoms with Crippen LogP contribution in [-0.4, -0.2) is 18.6 Å². The molecule has 0 rings (SSSR count). The first-order chi connectivity index (χ1) is 4.52. The van der Waals surface area contributed by atoms with E-state index in [0.717, 1.165) is 0 Å². The summed E-state index contributed by atoms with van der Waals surface area (Å²) < 4.78 is 4.45. The van der Waals surface area contributed by atoms with E-state index in [1.165, 1.54) is 7.11 Å². The summed E-state index contributed by atoms with van der Waals surface area (Å²) >= 11 is 0. The zero-order valence-electron chi connectivity index (χ0n) is 6.60. The maximum absolute atomic E-state index is 10.7. The number of nitrogens with one attached hydrogen (secondary N) is 1. The van der Waals surface area contributed by atoms with Gasteiger partial charge in [-0.25, -0.2) is 0 Å². The van der Waals surface area contributed by atoms with Gasteiger partial charge in [-0.2, -0.15) is 0 Å². The number of rotatable bonds is 3. The first-order valence-electron chi connectivity index (χ1n) is 3.06. The molecule has 0 unspecified atom stereocenters. The van der Waals surface area contributed by atoms with Gasteiger partial charge in [-0.1, -0.05) is 0 Å². The fourth-order valence-electron chi connectivity index (χ4n) is 0.484. The summed E-state index contributed by atoms with van der Waals surface area (Å²) in [7, 11) is 1.36. The Hall–Kier alpha value is -0.610. The quantitative estimate of drug-likeness (QED) is 0.328. The van der Waals surface area contributed by atoms with E-state index in [2.05, 4.69) is 10.2 Å². The molecular formula is C6H14N2O2. The van der Waals surface area contributed by atoms with E-state index in [-0.39, 0.29) is 17.9 Å². The third-order valence-corrected chi connectivity index (χ3v) is 1.20. The SMILES string of the molecule is COC(=O)CC(C)(C)NN. The number of hydrogen-bond donors (Lipinski definition) is 2. The van der Waals surface area contributed by atoms with Gasteiger partial charge < -0.3 is 4.74 Å². The molecule has 0 aromatic carbocycles. The van der Waals surface area contributed by atoms with Gasteiger partial charge in [-0.05, 0) is 13.8 Å². The number of hydrazine groups is 1. The van der Waals surface area contributed by atoms with Crippen LogP contribution in [-0.2, 0) is 9.53 Å². The zero-order chi connectivity index (χ0) is 8.20. The van der Waals surface area contributed by atoms with Crippen LogP contribution in [0, 0.1) is 0 Å². The van der Waals surface area contributed by atoms with Crippen LogP contribution in [0.25, 0.3) is 0 Å². The minimum atomic E-state index is -0.382. The molecule has 0 aromatic rings. The van der Waals surface area contributed by atoms with Gasteiger partial charge in [-0.15, -0.1) is 0 Å². The lowest BCUT2D eigenvalue weighted by Gasteiger charge is -2.21. The third-order valence-electron chi connectivity index (χ3n) is 1.20. The molecule has 10 heavy (non-hydrogen) atoms. The molecule has 0 spiro atoms. The van der Waals surface area contributed by atoms with Crippen LogP contribution in [0.1, 0.15) is 20.3 Å². The number of hydrogen-bond acceptors (Lipinski definition) is 4. The smallest absolute Gasteiger partial charge is 0.307 e. The molecule has 0 aliphatic carbocycles. The number of methoxy groups -OCH3 is 1. The van der Waals surface area contributed by atoms with E-state index in [1.807, 2.05) is 13.8 Å². The highest BCUT2D eigenvalue weighted by molar-refractivity contribution is 5.70. The number of nitrogens with two attached hydrogens (primary N) is 1. The largest absolute Gasteiger partial charge is 0.469 e. The fraction of sp³-hybridized carbons (Fsp3) is 0.833. The highest BCUT2D eigenvalue weighted by Gasteiger charge is 2.19. The third kappa shape index (κ3) is 3.42. The zero-order valence-corrected chi connectivity index (χ0v) is 6.60. The van der Waals surface area contributed by atoms with Gasteiger partial charge in [0.15, 0.2) is 0 Å². The van der Waals surface area contributed by atoms with Crippen LogP contribution < -0.4 is 11.3 Å². The number of carbonyl (C=O) groups excluding carboxylic acids is 1. The van der Waals surface area contributed by atoms with Crippen molar-refractivity contribution in [2.75, 3.05) is 7.11 Å². The van der Waals surface area contributed by atoms with Gasteiger partial charge in [-0.3, -0.25) is 16.1 Å². The predicted molar refractivity (Wildman–Crippen MR) is 38.0 cm³/mol. The Morgan fingerprint density at radius 1 is 1.70 bits per heavy atom. The van der Waals surface area contributed by atoms with Crippen LogP contribution in [0.4, 0.5) is 0 Å². The lowest BCUT2D eigenvalue weighted by molar-refractivity contribution is -0.142. The molecule has 0 saturated heterocycles. The fourth-order valence-corrected chi connectivity index (χ4v) is 0.484. The van der Waals surface area contributed by atoms with Gasteiger partial charge >= 0.3 is 5.97 Å². The van der Waals surface area contributed by atoms with E-state index < -0.39 is 0 Å². The summed E-state index contributed by atoms with van der Waals surface area (Å²) in [6, 6.07) is 0. The van der Waals surface area contributed by atoms with Crippen molar-refractivity contribution in [1.29, 1.82) is 0 Å². The van der Waals surface area contributed by atoms with Crippen LogP contribution >= 0.6 is 0 Å². The number of carbonyl (C=O) groups is 1. The number of esters is 1. The van der Waals surface area contributed by atoms with Crippen molar-refractivity contribution in [3.05, 3.63) is 0 Å². The van der Waals surface area contributed by atoms with Gasteiger partial charge in [0.25, 0.3) is 0 Å². The van der Waals surface area contributed by atoms with Crippen LogP contribution in [0.15, 0.2) is 0 Å². The Kier molecular flexibility index (Phi) is 3.32. The topological polar surface area (TPSA) is 64.3 Å². The summed E-state index contributed by atoms with van der Waals surface area (Å²) in [6.45, 7) is 3.65. The molecule has 60 valence electrons. The Labute approximate surface area is 60.7 Å². The Bertz CT molecular complexity index is 123. The first kappa shape index (κ1) is 9.39. The highest BCUT2D eigenvalue weighted by atomic mass is 16.5. The summed E-state index contributed by atoms with van der Waals surface area (Å²) in [5, 5.41) is 0. The molecule has 0 aliphatic rings. The van der Waals surface area contributed by atoms with Crippen LogP contribution in [0.3, 0.4) is 0 Å². The molecule has 0 saturated carbocycles. The van der Waals surface area contributed by atoms with E-state index in [4.69, 9.17) is 5.84 Å². The van der Waals surface area contributed by atoms with E-state index in [1.54, 1.807) is 0 Å². The summed E-state index contributed by atoms with van der Waals surface area (Å²) in [6.07, 6.45) is 0.278. The van der Waals surface area contributed by atoms with Crippen molar-refractivity contribution in [2.24, 2.45) is 5.84 Å². The average molecular weight is 146 g/mol. The maximum atomic E-state index is 10.7. The lowest BCUT2D eigenvalue weighted by Crippen LogP contribution is -2.45. The summed E-state index contributed by atoms with van der Waals surface area (Å²) in [5.41, 5.74) is 2.12. The van der Waals surface area contributed by atoms with E-state index in [0.29, 0.717) is 0 Å². The molecule has 0 atom stereocenters. The number of ether oxygens (including phenoxy) is 1. The molecule has 0 aromatic heterocycles. The Morgan fingerprint density at radius 2 is 2.20 bits per heavy atom. The van der Waals surface area contributed by atoms with Crippen molar-refractivity contribution in [3.63, 3.8) is 0 Å². The highest BCUT2D eigenvalue weighted by Crippen LogP contribution is 2.06. The van der Waals surface area contributed by atoms with Gasteiger partial charge in [0.1, 0.15) is 0 Å². The predicted octanol–water partition coefficient (Wildman–Crippen LogP) is -0.209. The molecule has 4 heteroatoms. The Morgan fingerprint density at radius 3 is 2.50 bits per heavy atom. The molecular weight excluding hydrogens is 132 g/mol. The van der Waals surface area contributed by atoms with Crippen molar-refractivity contribution in [2.45, 2.75) is 25.8 Å². The van der Waals surface area contributed by atoms with E-state index in [9.17, 15) is 4.79 Å². The lowest BCUT2D eigenvalue weighted by atomic mass is 10.0. The summed E-state index contributed by atoms with van der Waals surface area (Å²) in [4.78, 5) is 10.7. The molecule has 0 aliphatic heterocycles. The second kappa shape index (κ2) is 3.53. The molecule has 3 N–H and O–H groups in total. The monoisotopic (exact) mass is 146 g/mol.